The molecule has 6 heteroatoms. The highest BCUT2D eigenvalue weighted by Crippen LogP contribution is 2.25. The first kappa shape index (κ1) is 23.3. The van der Waals surface area contributed by atoms with Crippen LogP contribution in [0.1, 0.15) is 42.5 Å². The van der Waals surface area contributed by atoms with Crippen molar-refractivity contribution in [2.45, 2.75) is 44.7 Å². The molecule has 1 atom stereocenters. The minimum atomic E-state index is -0.0283. The van der Waals surface area contributed by atoms with Gasteiger partial charge in [-0.2, -0.15) is 0 Å². The Morgan fingerprint density at radius 2 is 1.88 bits per heavy atom. The summed E-state index contributed by atoms with van der Waals surface area (Å²) in [5.74, 6) is 0.839. The number of guanidine groups is 1. The second-order valence-corrected chi connectivity index (χ2v) is 9.08. The topological polar surface area (TPSA) is 73.5 Å². The normalized spacial score (nSPS) is 17.1. The molecule has 4 N–H and O–H groups in total. The van der Waals surface area contributed by atoms with Gasteiger partial charge in [0.2, 0.25) is 0 Å². The first-order chi connectivity index (χ1) is 16.1. The summed E-state index contributed by atoms with van der Waals surface area (Å²) in [6.45, 7) is 7.57. The number of aromatic amines is 1. The largest absolute Gasteiger partial charge is 0.381 e. The highest BCUT2D eigenvalue weighted by atomic mass is 16.5. The lowest BCUT2D eigenvalue weighted by Gasteiger charge is -2.41. The van der Waals surface area contributed by atoms with Gasteiger partial charge in [0.25, 0.3) is 0 Å². The van der Waals surface area contributed by atoms with Crippen molar-refractivity contribution in [2.75, 3.05) is 33.4 Å². The van der Waals surface area contributed by atoms with Crippen LogP contribution >= 0.6 is 0 Å². The Balaban J connectivity index is 1.33. The number of aryl methyl sites for hydroxylation is 1. The van der Waals surface area contributed by atoms with Crippen LogP contribution in [0.2, 0.25) is 0 Å². The van der Waals surface area contributed by atoms with Crippen LogP contribution in [0.15, 0.2) is 59.7 Å². The monoisotopic (exact) mass is 447 g/mol. The third-order valence-corrected chi connectivity index (χ3v) is 6.79. The number of nitrogens with zero attached hydrogens (tertiary/aromatic N) is 1. The van der Waals surface area contributed by atoms with Gasteiger partial charge in [-0.1, -0.05) is 48.5 Å². The van der Waals surface area contributed by atoms with Gasteiger partial charge < -0.3 is 25.7 Å². The van der Waals surface area contributed by atoms with E-state index in [0.717, 1.165) is 51.5 Å². The minimum absolute atomic E-state index is 0.0283. The number of para-hydroxylation sites is 1. The van der Waals surface area contributed by atoms with E-state index in [-0.39, 0.29) is 11.6 Å². The smallest absolute Gasteiger partial charge is 0.191 e. The molecule has 0 aliphatic carbocycles. The Kier molecular flexibility index (Phi) is 7.68. The fourth-order valence-corrected chi connectivity index (χ4v) is 4.78. The fraction of sp³-hybridized carbons (Fsp3) is 0.444. The number of hydrogen-bond acceptors (Lipinski definition) is 3. The second kappa shape index (κ2) is 10.9. The standard InChI is InChI=1S/C27H37N5O/c1-20-8-7-11-24-23(18-30-25(20)24)12-15-29-26(28-3)31-19-27(13-16-33-17-14-27)32-21(2)22-9-5-4-6-10-22/h4-11,18,21,30,32H,12-17,19H2,1-3H3,(H2,28,29,31). The highest BCUT2D eigenvalue weighted by molar-refractivity contribution is 5.86. The number of rotatable bonds is 8. The van der Waals surface area contributed by atoms with Gasteiger partial charge in [-0.15, -0.1) is 0 Å². The maximum absolute atomic E-state index is 5.68. The molecular formula is C27H37N5O. The first-order valence-corrected chi connectivity index (χ1v) is 12.0. The summed E-state index contributed by atoms with van der Waals surface area (Å²) in [6.07, 6.45) is 5.01. The Labute approximate surface area is 197 Å². The number of benzene rings is 2. The molecule has 3 aromatic rings. The maximum Gasteiger partial charge on any atom is 0.191 e. The number of hydrogen-bond donors (Lipinski definition) is 4. The van der Waals surface area contributed by atoms with Crippen LogP contribution in [0.25, 0.3) is 10.9 Å². The molecule has 1 aliphatic heterocycles. The molecule has 2 heterocycles. The van der Waals surface area contributed by atoms with Crippen LogP contribution in [0.3, 0.4) is 0 Å². The number of nitrogens with one attached hydrogen (secondary N) is 4. The van der Waals surface area contributed by atoms with Gasteiger partial charge in [-0.3, -0.25) is 4.99 Å². The van der Waals surface area contributed by atoms with Crippen LogP contribution in [-0.2, 0) is 11.2 Å². The van der Waals surface area contributed by atoms with E-state index in [1.165, 1.54) is 27.6 Å². The van der Waals surface area contributed by atoms with Crippen molar-refractivity contribution >= 4 is 16.9 Å². The average molecular weight is 448 g/mol. The Hall–Kier alpha value is -2.83. The summed E-state index contributed by atoms with van der Waals surface area (Å²) in [7, 11) is 1.83. The van der Waals surface area contributed by atoms with Crippen LogP contribution in [-0.4, -0.2) is 49.8 Å². The van der Waals surface area contributed by atoms with Crippen molar-refractivity contribution in [1.82, 2.24) is 20.9 Å². The van der Waals surface area contributed by atoms with Crippen LogP contribution in [0.5, 0.6) is 0 Å². The maximum atomic E-state index is 5.68. The lowest BCUT2D eigenvalue weighted by molar-refractivity contribution is 0.0355. The summed E-state index contributed by atoms with van der Waals surface area (Å²) in [5.41, 5.74) is 5.12. The zero-order chi connectivity index (χ0) is 23.1. The highest BCUT2D eigenvalue weighted by Gasteiger charge is 2.34. The lowest BCUT2D eigenvalue weighted by Crippen LogP contribution is -2.58. The van der Waals surface area contributed by atoms with Crippen LogP contribution < -0.4 is 16.0 Å². The lowest BCUT2D eigenvalue weighted by atomic mass is 9.88. The van der Waals surface area contributed by atoms with Gasteiger partial charge in [0.15, 0.2) is 5.96 Å². The quantitative estimate of drug-likeness (QED) is 0.310. The van der Waals surface area contributed by atoms with E-state index in [1.54, 1.807) is 0 Å². The van der Waals surface area contributed by atoms with Crippen LogP contribution in [0, 0.1) is 6.92 Å². The summed E-state index contributed by atoms with van der Waals surface area (Å²) in [5, 5.41) is 12.3. The molecule has 0 spiro atoms. The summed E-state index contributed by atoms with van der Waals surface area (Å²) >= 11 is 0. The molecule has 0 amide bonds. The van der Waals surface area contributed by atoms with Gasteiger partial charge in [-0.05, 0) is 49.8 Å². The molecule has 2 aromatic carbocycles. The van der Waals surface area contributed by atoms with Crippen molar-refractivity contribution in [3.8, 4) is 0 Å². The van der Waals surface area contributed by atoms with E-state index in [1.807, 2.05) is 7.05 Å². The van der Waals surface area contributed by atoms with E-state index in [4.69, 9.17) is 4.74 Å². The van der Waals surface area contributed by atoms with Crippen molar-refractivity contribution < 1.29 is 4.74 Å². The molecule has 33 heavy (non-hydrogen) atoms. The third kappa shape index (κ3) is 5.75. The van der Waals surface area contributed by atoms with E-state index in [2.05, 4.69) is 94.5 Å². The average Bonchev–Trinajstić information content (AvgIpc) is 3.27. The molecule has 0 bridgehead atoms. The molecular weight excluding hydrogens is 410 g/mol. The van der Waals surface area contributed by atoms with E-state index in [0.29, 0.717) is 0 Å². The van der Waals surface area contributed by atoms with Gasteiger partial charge >= 0.3 is 0 Å². The number of aromatic nitrogens is 1. The molecule has 0 saturated carbocycles. The molecule has 1 aromatic heterocycles. The van der Waals surface area contributed by atoms with Gasteiger partial charge in [0, 0.05) is 62.0 Å². The summed E-state index contributed by atoms with van der Waals surface area (Å²) < 4.78 is 5.68. The molecule has 176 valence electrons. The minimum Gasteiger partial charge on any atom is -0.381 e. The van der Waals surface area contributed by atoms with E-state index < -0.39 is 0 Å². The van der Waals surface area contributed by atoms with Crippen molar-refractivity contribution in [1.29, 1.82) is 0 Å². The Bertz CT molecular complexity index is 1050. The predicted octanol–water partition coefficient (Wildman–Crippen LogP) is 4.08. The molecule has 6 nitrogen and oxygen atoms in total. The molecule has 0 radical (unpaired) electrons. The molecule has 1 unspecified atom stereocenters. The van der Waals surface area contributed by atoms with Gasteiger partial charge in [-0.25, -0.2) is 0 Å². The van der Waals surface area contributed by atoms with E-state index >= 15 is 0 Å². The second-order valence-electron chi connectivity index (χ2n) is 9.08. The van der Waals surface area contributed by atoms with Crippen molar-refractivity contribution in [2.24, 2.45) is 4.99 Å². The zero-order valence-corrected chi connectivity index (χ0v) is 20.1. The third-order valence-electron chi connectivity index (χ3n) is 6.79. The number of aliphatic imine (C=N–C) groups is 1. The molecule has 1 aliphatic rings. The predicted molar refractivity (Wildman–Crippen MR) is 137 cm³/mol. The Morgan fingerprint density at radius 3 is 2.64 bits per heavy atom. The number of fused-ring (bicyclic) bond motifs is 1. The van der Waals surface area contributed by atoms with Crippen LogP contribution in [0.4, 0.5) is 0 Å². The number of ether oxygens (including phenoxy) is 1. The number of H-pyrrole nitrogens is 1. The molecule has 1 saturated heterocycles. The molecule has 4 rings (SSSR count). The SMILES string of the molecule is CN=C(NCCc1c[nH]c2c(C)cccc12)NCC1(NC(C)c2ccccc2)CCOCC1. The summed E-state index contributed by atoms with van der Waals surface area (Å²) in [4.78, 5) is 7.88. The van der Waals surface area contributed by atoms with Gasteiger partial charge in [0.1, 0.15) is 0 Å². The summed E-state index contributed by atoms with van der Waals surface area (Å²) in [6, 6.07) is 17.4. The van der Waals surface area contributed by atoms with Crippen molar-refractivity contribution in [3.63, 3.8) is 0 Å². The van der Waals surface area contributed by atoms with E-state index in [9.17, 15) is 0 Å². The fourth-order valence-electron chi connectivity index (χ4n) is 4.78. The zero-order valence-electron chi connectivity index (χ0n) is 20.1. The van der Waals surface area contributed by atoms with Gasteiger partial charge in [0.05, 0.1) is 0 Å². The first-order valence-electron chi connectivity index (χ1n) is 12.0. The van der Waals surface area contributed by atoms with Crippen molar-refractivity contribution in [3.05, 3.63) is 71.4 Å². The Morgan fingerprint density at radius 1 is 1.09 bits per heavy atom. The molecule has 1 fully saturated rings.